The van der Waals surface area contributed by atoms with Crippen molar-refractivity contribution in [2.24, 2.45) is 0 Å². The van der Waals surface area contributed by atoms with E-state index in [-0.39, 0.29) is 11.5 Å². The predicted molar refractivity (Wildman–Crippen MR) is 84.1 cm³/mol. The molecule has 1 aromatic carbocycles. The Kier molecular flexibility index (Phi) is 5.08. The van der Waals surface area contributed by atoms with Crippen LogP contribution in [0.2, 0.25) is 0 Å². The molecule has 0 fully saturated rings. The molecule has 2 aromatic rings. The van der Waals surface area contributed by atoms with E-state index in [9.17, 15) is 14.4 Å². The topological polar surface area (TPSA) is 91.1 Å². The van der Waals surface area contributed by atoms with Gasteiger partial charge in [0.2, 0.25) is 5.56 Å². The zero-order valence-electron chi connectivity index (χ0n) is 12.2. The molecule has 1 heterocycles. The van der Waals surface area contributed by atoms with E-state index in [2.05, 4.69) is 15.6 Å². The average molecular weight is 299 g/mol. The molecule has 0 aliphatic carbocycles. The summed E-state index contributed by atoms with van der Waals surface area (Å²) >= 11 is 0. The lowest BCUT2D eigenvalue weighted by Gasteiger charge is -2.11. The Balaban J connectivity index is 2.19. The van der Waals surface area contributed by atoms with Crippen LogP contribution < -0.4 is 16.2 Å². The molecule has 3 N–H and O–H groups in total. The van der Waals surface area contributed by atoms with Gasteiger partial charge in [-0.3, -0.25) is 14.4 Å². The van der Waals surface area contributed by atoms with Crippen molar-refractivity contribution >= 4 is 17.5 Å². The van der Waals surface area contributed by atoms with Gasteiger partial charge in [0.15, 0.2) is 0 Å². The van der Waals surface area contributed by atoms with Crippen molar-refractivity contribution in [3.8, 4) is 0 Å². The summed E-state index contributed by atoms with van der Waals surface area (Å²) < 4.78 is 0. The number of aromatic amines is 1. The highest BCUT2D eigenvalue weighted by Crippen LogP contribution is 2.16. The molecule has 0 bridgehead atoms. The van der Waals surface area contributed by atoms with Gasteiger partial charge in [-0.2, -0.15) is 0 Å². The maximum absolute atomic E-state index is 12.1. The second-order valence-electron chi connectivity index (χ2n) is 4.70. The first-order valence-electron chi connectivity index (χ1n) is 6.99. The van der Waals surface area contributed by atoms with Crippen molar-refractivity contribution < 1.29 is 9.59 Å². The summed E-state index contributed by atoms with van der Waals surface area (Å²) in [5, 5.41) is 5.45. The number of amides is 2. The van der Waals surface area contributed by atoms with E-state index in [0.717, 1.165) is 6.42 Å². The third kappa shape index (κ3) is 3.82. The van der Waals surface area contributed by atoms with Crippen molar-refractivity contribution in [3.05, 3.63) is 64.1 Å². The van der Waals surface area contributed by atoms with E-state index >= 15 is 0 Å². The van der Waals surface area contributed by atoms with Crippen molar-refractivity contribution in [2.75, 3.05) is 11.9 Å². The van der Waals surface area contributed by atoms with Crippen LogP contribution in [0.1, 0.15) is 34.1 Å². The molecule has 6 nitrogen and oxygen atoms in total. The number of H-pyrrole nitrogens is 1. The molecular weight excluding hydrogens is 282 g/mol. The fourth-order valence-electron chi connectivity index (χ4n) is 1.87. The highest BCUT2D eigenvalue weighted by molar-refractivity contribution is 6.08. The number of anilines is 1. The number of para-hydroxylation sites is 1. The summed E-state index contributed by atoms with van der Waals surface area (Å²) in [4.78, 5) is 37.7. The number of pyridine rings is 1. The first kappa shape index (κ1) is 15.5. The normalized spacial score (nSPS) is 10.0. The molecule has 0 saturated carbocycles. The van der Waals surface area contributed by atoms with Crippen LogP contribution in [-0.2, 0) is 0 Å². The molecule has 0 saturated heterocycles. The Morgan fingerprint density at radius 2 is 1.86 bits per heavy atom. The first-order valence-corrected chi connectivity index (χ1v) is 6.99. The van der Waals surface area contributed by atoms with Gasteiger partial charge in [-0.15, -0.1) is 0 Å². The van der Waals surface area contributed by atoms with Crippen molar-refractivity contribution in [3.63, 3.8) is 0 Å². The fourth-order valence-corrected chi connectivity index (χ4v) is 1.87. The van der Waals surface area contributed by atoms with E-state index in [1.54, 1.807) is 24.3 Å². The molecule has 0 spiro atoms. The largest absolute Gasteiger partial charge is 0.352 e. The van der Waals surface area contributed by atoms with Crippen molar-refractivity contribution in [1.82, 2.24) is 10.3 Å². The monoisotopic (exact) mass is 299 g/mol. The van der Waals surface area contributed by atoms with Gasteiger partial charge in [0.25, 0.3) is 11.8 Å². The van der Waals surface area contributed by atoms with E-state index in [0.29, 0.717) is 23.4 Å². The highest BCUT2D eigenvalue weighted by Gasteiger charge is 2.13. The lowest BCUT2D eigenvalue weighted by molar-refractivity contribution is 0.0954. The Hall–Kier alpha value is -2.89. The second kappa shape index (κ2) is 7.21. The van der Waals surface area contributed by atoms with Crippen LogP contribution in [0.15, 0.2) is 47.4 Å². The van der Waals surface area contributed by atoms with Gasteiger partial charge in [0.1, 0.15) is 0 Å². The molecule has 114 valence electrons. The molecule has 0 atom stereocenters. The summed E-state index contributed by atoms with van der Waals surface area (Å²) in [6.45, 7) is 2.53. The van der Waals surface area contributed by atoms with Gasteiger partial charge in [-0.25, -0.2) is 0 Å². The maximum Gasteiger partial charge on any atom is 0.257 e. The number of nitrogens with one attached hydrogen (secondary N) is 3. The number of carbonyl (C=O) groups excluding carboxylic acids is 2. The molecule has 0 aliphatic heterocycles. The fraction of sp³-hybridized carbons (Fsp3) is 0.188. The van der Waals surface area contributed by atoms with E-state index in [4.69, 9.17) is 0 Å². The zero-order chi connectivity index (χ0) is 15.9. The number of hydrogen-bond donors (Lipinski definition) is 3. The van der Waals surface area contributed by atoms with Crippen LogP contribution in [0.4, 0.5) is 5.69 Å². The quantitative estimate of drug-likeness (QED) is 0.785. The third-order valence-electron chi connectivity index (χ3n) is 3.00. The summed E-state index contributed by atoms with van der Waals surface area (Å²) in [7, 11) is 0. The molecule has 2 amide bonds. The number of aromatic nitrogens is 1. The lowest BCUT2D eigenvalue weighted by Crippen LogP contribution is -2.26. The van der Waals surface area contributed by atoms with Crippen LogP contribution >= 0.6 is 0 Å². The summed E-state index contributed by atoms with van der Waals surface area (Å²) in [6, 6.07) is 9.47. The summed E-state index contributed by atoms with van der Waals surface area (Å²) in [6.07, 6.45) is 2.16. The van der Waals surface area contributed by atoms with Crippen LogP contribution in [-0.4, -0.2) is 23.3 Å². The molecule has 22 heavy (non-hydrogen) atoms. The van der Waals surface area contributed by atoms with Gasteiger partial charge in [0.05, 0.1) is 16.8 Å². The van der Waals surface area contributed by atoms with Crippen LogP contribution in [0.5, 0.6) is 0 Å². The number of rotatable bonds is 5. The minimum absolute atomic E-state index is 0.237. The van der Waals surface area contributed by atoms with Crippen molar-refractivity contribution in [1.29, 1.82) is 0 Å². The van der Waals surface area contributed by atoms with Crippen molar-refractivity contribution in [2.45, 2.75) is 13.3 Å². The number of carbonyl (C=O) groups is 2. The Bertz CT molecular complexity index is 717. The van der Waals surface area contributed by atoms with Gasteiger partial charge in [-0.1, -0.05) is 19.1 Å². The molecule has 1 aromatic heterocycles. The second-order valence-corrected chi connectivity index (χ2v) is 4.70. The van der Waals surface area contributed by atoms with Gasteiger partial charge in [-0.05, 0) is 24.6 Å². The number of benzene rings is 1. The first-order chi connectivity index (χ1) is 10.6. The molecule has 6 heteroatoms. The summed E-state index contributed by atoms with van der Waals surface area (Å²) in [5.74, 6) is -0.633. The summed E-state index contributed by atoms with van der Waals surface area (Å²) in [5.41, 5.74) is 0.847. The maximum atomic E-state index is 12.1. The zero-order valence-corrected chi connectivity index (χ0v) is 12.2. The van der Waals surface area contributed by atoms with Gasteiger partial charge < -0.3 is 15.6 Å². The molecule has 0 radical (unpaired) electrons. The highest BCUT2D eigenvalue weighted by atomic mass is 16.2. The Labute approximate surface area is 127 Å². The molecular formula is C16H17N3O3. The minimum atomic E-state index is -0.396. The number of hydrogen-bond acceptors (Lipinski definition) is 3. The van der Waals surface area contributed by atoms with Crippen LogP contribution in [0, 0.1) is 0 Å². The molecule has 0 unspecified atom stereocenters. The third-order valence-corrected chi connectivity index (χ3v) is 3.00. The smallest absolute Gasteiger partial charge is 0.257 e. The SMILES string of the molecule is CCCNC(=O)c1ccccc1NC(=O)c1ccc(=O)[nH]c1. The molecule has 0 aliphatic rings. The van der Waals surface area contributed by atoms with E-state index in [1.165, 1.54) is 18.3 Å². The lowest BCUT2D eigenvalue weighted by atomic mass is 10.1. The average Bonchev–Trinajstić information content (AvgIpc) is 2.53. The van der Waals surface area contributed by atoms with Crippen LogP contribution in [0.3, 0.4) is 0 Å². The van der Waals surface area contributed by atoms with Gasteiger partial charge in [0, 0.05) is 18.8 Å². The van der Waals surface area contributed by atoms with Crippen LogP contribution in [0.25, 0.3) is 0 Å². The Morgan fingerprint density at radius 3 is 2.55 bits per heavy atom. The Morgan fingerprint density at radius 1 is 1.09 bits per heavy atom. The minimum Gasteiger partial charge on any atom is -0.352 e. The van der Waals surface area contributed by atoms with Gasteiger partial charge >= 0.3 is 0 Å². The predicted octanol–water partition coefficient (Wildman–Crippen LogP) is 1.77. The molecule has 2 rings (SSSR count). The standard InChI is InChI=1S/C16H17N3O3/c1-2-9-17-16(22)12-5-3-4-6-13(12)19-15(21)11-7-8-14(20)18-10-11/h3-8,10H,2,9H2,1H3,(H,17,22)(H,18,20)(H,19,21). The van der Waals surface area contributed by atoms with E-state index < -0.39 is 5.91 Å². The van der Waals surface area contributed by atoms with E-state index in [1.807, 2.05) is 6.92 Å².